The minimum absolute atomic E-state index is 0.154. The lowest BCUT2D eigenvalue weighted by Crippen LogP contribution is -2.49. The van der Waals surface area contributed by atoms with Gasteiger partial charge in [-0.05, 0) is 18.8 Å². The summed E-state index contributed by atoms with van der Waals surface area (Å²) < 4.78 is 5.24. The quantitative estimate of drug-likeness (QED) is 0.824. The van der Waals surface area contributed by atoms with Gasteiger partial charge in [0, 0.05) is 12.5 Å². The molecule has 24 heavy (non-hydrogen) atoms. The molecular formula is C18H32N2O4. The molecule has 0 spiro atoms. The van der Waals surface area contributed by atoms with Crippen molar-refractivity contribution in [3.05, 3.63) is 0 Å². The van der Waals surface area contributed by atoms with Crippen LogP contribution < -0.4 is 5.32 Å². The predicted octanol–water partition coefficient (Wildman–Crippen LogP) is 2.44. The third-order valence-corrected chi connectivity index (χ3v) is 4.81. The summed E-state index contributed by atoms with van der Waals surface area (Å²) in [6, 6.07) is -0.436. The molecule has 0 unspecified atom stereocenters. The van der Waals surface area contributed by atoms with Crippen LogP contribution in [0.15, 0.2) is 0 Å². The van der Waals surface area contributed by atoms with E-state index in [4.69, 9.17) is 4.74 Å². The van der Waals surface area contributed by atoms with Crippen LogP contribution in [0.2, 0.25) is 0 Å². The molecule has 1 aliphatic carbocycles. The summed E-state index contributed by atoms with van der Waals surface area (Å²) in [5.41, 5.74) is 0. The molecule has 1 aliphatic heterocycles. The number of hydrogen-bond acceptors (Lipinski definition) is 4. The van der Waals surface area contributed by atoms with E-state index in [1.54, 1.807) is 0 Å². The number of nitrogens with zero attached hydrogens (tertiary/aromatic N) is 1. The molecule has 1 saturated heterocycles. The number of β-amino-alcohol motifs (C(OH)–C–C–N with tert-alkyl or cyclic N) is 1. The molecule has 0 aromatic rings. The second-order valence-corrected chi connectivity index (χ2v) is 7.58. The molecule has 2 rings (SSSR count). The topological polar surface area (TPSA) is 78.9 Å². The lowest BCUT2D eigenvalue weighted by molar-refractivity contribution is -0.126. The van der Waals surface area contributed by atoms with E-state index < -0.39 is 18.2 Å². The number of ether oxygens (including phenoxy) is 1. The fourth-order valence-corrected chi connectivity index (χ4v) is 3.48. The van der Waals surface area contributed by atoms with Crippen LogP contribution in [0.1, 0.15) is 65.2 Å². The lowest BCUT2D eigenvalue weighted by atomic mass is 9.96. The van der Waals surface area contributed by atoms with Crippen molar-refractivity contribution in [2.75, 3.05) is 13.2 Å². The molecule has 2 fully saturated rings. The van der Waals surface area contributed by atoms with Crippen LogP contribution >= 0.6 is 0 Å². The van der Waals surface area contributed by atoms with Crippen LogP contribution in [0, 0.1) is 5.92 Å². The van der Waals surface area contributed by atoms with Crippen LogP contribution in [0.3, 0.4) is 0 Å². The number of nitrogens with one attached hydrogen (secondary N) is 1. The maximum atomic E-state index is 12.6. The van der Waals surface area contributed by atoms with Crippen molar-refractivity contribution in [2.45, 2.75) is 83.4 Å². The van der Waals surface area contributed by atoms with Crippen LogP contribution in [0.25, 0.3) is 0 Å². The van der Waals surface area contributed by atoms with Crippen LogP contribution in [0.5, 0.6) is 0 Å². The summed E-state index contributed by atoms with van der Waals surface area (Å²) in [4.78, 5) is 26.2. The average molecular weight is 340 g/mol. The minimum atomic E-state index is -0.662. The standard InChI is InChI=1S/C18H32N2O4/c1-13(2)12-24-18(23)20-11-15(21)10-16(20)17(22)19-14-8-6-4-3-5-7-9-14/h13-16,21H,3-12H2,1-2H3,(H,19,22)/t15-,16-/m0/s1. The van der Waals surface area contributed by atoms with Crippen molar-refractivity contribution in [3.8, 4) is 0 Å². The molecular weight excluding hydrogens is 308 g/mol. The highest BCUT2D eigenvalue weighted by Gasteiger charge is 2.40. The Bertz CT molecular complexity index is 419. The zero-order chi connectivity index (χ0) is 17.5. The van der Waals surface area contributed by atoms with E-state index in [2.05, 4.69) is 5.32 Å². The van der Waals surface area contributed by atoms with Crippen LogP contribution in [0.4, 0.5) is 4.79 Å². The lowest BCUT2D eigenvalue weighted by Gasteiger charge is -2.27. The number of amides is 2. The summed E-state index contributed by atoms with van der Waals surface area (Å²) in [7, 11) is 0. The summed E-state index contributed by atoms with van der Waals surface area (Å²) >= 11 is 0. The van der Waals surface area contributed by atoms with E-state index >= 15 is 0 Å². The van der Waals surface area contributed by atoms with Gasteiger partial charge in [0.15, 0.2) is 0 Å². The summed E-state index contributed by atoms with van der Waals surface area (Å²) in [5, 5.41) is 13.0. The van der Waals surface area contributed by atoms with Crippen molar-refractivity contribution in [3.63, 3.8) is 0 Å². The van der Waals surface area contributed by atoms with E-state index in [0.29, 0.717) is 6.61 Å². The van der Waals surface area contributed by atoms with E-state index in [0.717, 1.165) is 25.7 Å². The molecule has 2 N–H and O–H groups in total. The fourth-order valence-electron chi connectivity index (χ4n) is 3.48. The van der Waals surface area contributed by atoms with Gasteiger partial charge in [0.1, 0.15) is 6.04 Å². The Morgan fingerprint density at radius 3 is 2.42 bits per heavy atom. The Balaban J connectivity index is 1.91. The zero-order valence-electron chi connectivity index (χ0n) is 15.0. The molecule has 1 saturated carbocycles. The van der Waals surface area contributed by atoms with Gasteiger partial charge < -0.3 is 15.2 Å². The smallest absolute Gasteiger partial charge is 0.410 e. The third kappa shape index (κ3) is 5.65. The van der Waals surface area contributed by atoms with Crippen molar-refractivity contribution in [2.24, 2.45) is 5.92 Å². The molecule has 2 atom stereocenters. The minimum Gasteiger partial charge on any atom is -0.449 e. The van der Waals surface area contributed by atoms with Gasteiger partial charge in [0.05, 0.1) is 19.3 Å². The number of carbonyl (C=O) groups is 2. The SMILES string of the molecule is CC(C)COC(=O)N1C[C@@H](O)C[C@H]1C(=O)NC1CCCCCCC1. The maximum Gasteiger partial charge on any atom is 0.410 e. The highest BCUT2D eigenvalue weighted by atomic mass is 16.6. The third-order valence-electron chi connectivity index (χ3n) is 4.81. The maximum absolute atomic E-state index is 12.6. The summed E-state index contributed by atoms with van der Waals surface area (Å²) in [5.74, 6) is 0.0855. The molecule has 2 amide bonds. The van der Waals surface area contributed by atoms with Gasteiger partial charge in [-0.25, -0.2) is 4.79 Å². The molecule has 2 aliphatic rings. The number of hydrogen-bond donors (Lipinski definition) is 2. The van der Waals surface area contributed by atoms with Crippen molar-refractivity contribution < 1.29 is 19.4 Å². The van der Waals surface area contributed by atoms with Crippen molar-refractivity contribution in [1.29, 1.82) is 0 Å². The first-order valence-corrected chi connectivity index (χ1v) is 9.39. The Kier molecular flexibility index (Phi) is 7.34. The Morgan fingerprint density at radius 1 is 1.17 bits per heavy atom. The summed E-state index contributed by atoms with van der Waals surface area (Å²) in [6.07, 6.45) is 7.13. The number of aliphatic hydroxyl groups is 1. The monoisotopic (exact) mass is 340 g/mol. The van der Waals surface area contributed by atoms with Crippen molar-refractivity contribution in [1.82, 2.24) is 10.2 Å². The number of aliphatic hydroxyl groups excluding tert-OH is 1. The largest absolute Gasteiger partial charge is 0.449 e. The molecule has 0 aromatic carbocycles. The first-order chi connectivity index (χ1) is 11.5. The Hall–Kier alpha value is -1.30. The van der Waals surface area contributed by atoms with E-state index in [1.807, 2.05) is 13.8 Å². The second kappa shape index (κ2) is 9.25. The molecule has 6 heteroatoms. The van der Waals surface area contributed by atoms with Crippen LogP contribution in [-0.4, -0.2) is 53.3 Å². The molecule has 0 bridgehead atoms. The first-order valence-electron chi connectivity index (χ1n) is 9.39. The Morgan fingerprint density at radius 2 is 1.79 bits per heavy atom. The van der Waals surface area contributed by atoms with E-state index in [-0.39, 0.29) is 30.8 Å². The second-order valence-electron chi connectivity index (χ2n) is 7.58. The Labute approximate surface area is 144 Å². The van der Waals surface area contributed by atoms with Gasteiger partial charge in [0.2, 0.25) is 5.91 Å². The van der Waals surface area contributed by atoms with Gasteiger partial charge in [-0.3, -0.25) is 9.69 Å². The molecule has 0 radical (unpaired) electrons. The van der Waals surface area contributed by atoms with Gasteiger partial charge >= 0.3 is 6.09 Å². The highest BCUT2D eigenvalue weighted by Crippen LogP contribution is 2.21. The van der Waals surface area contributed by atoms with Crippen LogP contribution in [-0.2, 0) is 9.53 Å². The van der Waals surface area contributed by atoms with Crippen molar-refractivity contribution >= 4 is 12.0 Å². The normalized spacial score (nSPS) is 26.1. The number of rotatable bonds is 4. The average Bonchev–Trinajstić information content (AvgIpc) is 2.89. The molecule has 0 aromatic heterocycles. The molecule has 6 nitrogen and oxygen atoms in total. The number of likely N-dealkylation sites (tertiary alicyclic amines) is 1. The first kappa shape index (κ1) is 19.0. The molecule has 1 heterocycles. The number of carbonyl (C=O) groups excluding carboxylic acids is 2. The summed E-state index contributed by atoms with van der Waals surface area (Å²) in [6.45, 7) is 4.41. The fraction of sp³-hybridized carbons (Fsp3) is 0.889. The highest BCUT2D eigenvalue weighted by molar-refractivity contribution is 5.86. The zero-order valence-corrected chi connectivity index (χ0v) is 15.0. The van der Waals surface area contributed by atoms with Gasteiger partial charge in [0.25, 0.3) is 0 Å². The van der Waals surface area contributed by atoms with E-state index in [1.165, 1.54) is 24.2 Å². The van der Waals surface area contributed by atoms with Gasteiger partial charge in [-0.2, -0.15) is 0 Å². The van der Waals surface area contributed by atoms with Gasteiger partial charge in [-0.15, -0.1) is 0 Å². The molecule has 138 valence electrons. The van der Waals surface area contributed by atoms with Gasteiger partial charge in [-0.1, -0.05) is 46.0 Å². The predicted molar refractivity (Wildman–Crippen MR) is 91.6 cm³/mol. The van der Waals surface area contributed by atoms with E-state index in [9.17, 15) is 14.7 Å².